The summed E-state index contributed by atoms with van der Waals surface area (Å²) in [4.78, 5) is 6.59. The lowest BCUT2D eigenvalue weighted by Crippen LogP contribution is -2.06. The van der Waals surface area contributed by atoms with E-state index in [1.54, 1.807) is 0 Å². The molecule has 0 bridgehead atoms. The van der Waals surface area contributed by atoms with Gasteiger partial charge in [0.25, 0.3) is 0 Å². The van der Waals surface area contributed by atoms with Crippen LogP contribution >= 0.6 is 0 Å². The maximum atomic E-state index is 11.9. The Labute approximate surface area is 66.5 Å². The summed E-state index contributed by atoms with van der Waals surface area (Å²) in [6, 6.07) is 0. The molecule has 0 spiro atoms. The van der Waals surface area contributed by atoms with Crippen molar-refractivity contribution in [3.05, 3.63) is 23.8 Å². The van der Waals surface area contributed by atoms with Gasteiger partial charge < -0.3 is 0 Å². The summed E-state index contributed by atoms with van der Waals surface area (Å²) in [5, 5.41) is 0. The van der Waals surface area contributed by atoms with E-state index in [0.29, 0.717) is 12.4 Å². The normalized spacial score (nSPS) is 10.8. The molecule has 0 aliphatic heterocycles. The zero-order valence-corrected chi connectivity index (χ0v) is 5.76. The maximum Gasteiger partial charge on any atom is 0.419 e. The number of halogens is 3. The third-order valence-electron chi connectivity index (χ3n) is 1.11. The van der Waals surface area contributed by atoms with Crippen molar-refractivity contribution in [2.75, 3.05) is 0 Å². The van der Waals surface area contributed by atoms with E-state index in [9.17, 15) is 13.2 Å². The van der Waals surface area contributed by atoms with Crippen molar-refractivity contribution in [3.8, 4) is 12.3 Å². The maximum absolute atomic E-state index is 11.9. The monoisotopic (exact) mass is 172 g/mol. The van der Waals surface area contributed by atoms with E-state index >= 15 is 0 Å². The van der Waals surface area contributed by atoms with Crippen LogP contribution < -0.4 is 0 Å². The van der Waals surface area contributed by atoms with Gasteiger partial charge in [0, 0.05) is 12.4 Å². The van der Waals surface area contributed by atoms with Gasteiger partial charge in [0.1, 0.15) is 0 Å². The van der Waals surface area contributed by atoms with Crippen molar-refractivity contribution >= 4 is 0 Å². The highest BCUT2D eigenvalue weighted by Gasteiger charge is 2.31. The largest absolute Gasteiger partial charge is 0.419 e. The molecule has 0 amide bonds. The quantitative estimate of drug-likeness (QED) is 0.554. The molecule has 0 aliphatic carbocycles. The molecule has 2 nitrogen and oxygen atoms in total. The van der Waals surface area contributed by atoms with Crippen LogP contribution in [0, 0.1) is 12.3 Å². The van der Waals surface area contributed by atoms with Gasteiger partial charge in [0.2, 0.25) is 5.82 Å². The van der Waals surface area contributed by atoms with Crippen LogP contribution in [0.1, 0.15) is 11.4 Å². The molecule has 0 radical (unpaired) electrons. The third kappa shape index (κ3) is 1.72. The summed E-state index contributed by atoms with van der Waals surface area (Å²) >= 11 is 0. The molecular weight excluding hydrogens is 169 g/mol. The third-order valence-corrected chi connectivity index (χ3v) is 1.11. The Bertz CT molecular complexity index is 307. The zero-order valence-electron chi connectivity index (χ0n) is 5.76. The van der Waals surface area contributed by atoms with Gasteiger partial charge in [-0.05, 0) is 5.92 Å². The van der Waals surface area contributed by atoms with Crippen molar-refractivity contribution in [1.82, 2.24) is 9.97 Å². The molecule has 0 saturated carbocycles. The molecule has 0 aliphatic rings. The molecular formula is C7H3F3N2. The average molecular weight is 172 g/mol. The van der Waals surface area contributed by atoms with Gasteiger partial charge in [-0.1, -0.05) is 0 Å². The van der Waals surface area contributed by atoms with Gasteiger partial charge in [-0.25, -0.2) is 9.97 Å². The molecule has 12 heavy (non-hydrogen) atoms. The Morgan fingerprint density at radius 3 is 2.08 bits per heavy atom. The molecule has 0 unspecified atom stereocenters. The Balaban J connectivity index is 3.02. The standard InChI is InChI=1S/C7H3F3N2/c1-2-6-11-3-5(4-12-6)7(8,9)10/h1,3-4H. The van der Waals surface area contributed by atoms with E-state index in [1.165, 1.54) is 0 Å². The second-order valence-electron chi connectivity index (χ2n) is 1.94. The second kappa shape index (κ2) is 2.81. The Morgan fingerprint density at radius 2 is 1.75 bits per heavy atom. The molecule has 0 atom stereocenters. The Morgan fingerprint density at radius 1 is 1.25 bits per heavy atom. The van der Waals surface area contributed by atoms with E-state index in [0.717, 1.165) is 0 Å². The fourth-order valence-corrected chi connectivity index (χ4v) is 0.549. The number of hydrogen-bond donors (Lipinski definition) is 0. The van der Waals surface area contributed by atoms with Gasteiger partial charge in [-0.3, -0.25) is 0 Å². The van der Waals surface area contributed by atoms with E-state index in [-0.39, 0.29) is 5.82 Å². The van der Waals surface area contributed by atoms with Crippen LogP contribution in [-0.4, -0.2) is 9.97 Å². The highest BCUT2D eigenvalue weighted by Crippen LogP contribution is 2.27. The van der Waals surface area contributed by atoms with Gasteiger partial charge in [0.15, 0.2) is 0 Å². The summed E-state index contributed by atoms with van der Waals surface area (Å²) in [6.07, 6.45) is 1.75. The Kier molecular flexibility index (Phi) is 2.00. The summed E-state index contributed by atoms with van der Waals surface area (Å²) in [5.41, 5.74) is -0.901. The first-order valence-corrected chi connectivity index (χ1v) is 2.90. The summed E-state index contributed by atoms with van der Waals surface area (Å²) in [6.45, 7) is 0. The van der Waals surface area contributed by atoms with Gasteiger partial charge in [-0.15, -0.1) is 6.42 Å². The van der Waals surface area contributed by atoms with Crippen molar-refractivity contribution < 1.29 is 13.2 Å². The van der Waals surface area contributed by atoms with E-state index in [4.69, 9.17) is 6.42 Å². The molecule has 5 heteroatoms. The highest BCUT2D eigenvalue weighted by atomic mass is 19.4. The highest BCUT2D eigenvalue weighted by molar-refractivity contribution is 5.18. The molecule has 0 N–H and O–H groups in total. The summed E-state index contributed by atoms with van der Waals surface area (Å²) in [7, 11) is 0. The smallest absolute Gasteiger partial charge is 0.229 e. The van der Waals surface area contributed by atoms with Crippen molar-refractivity contribution in [3.63, 3.8) is 0 Å². The number of nitrogens with zero attached hydrogens (tertiary/aromatic N) is 2. The van der Waals surface area contributed by atoms with Crippen LogP contribution in [0.3, 0.4) is 0 Å². The first-order valence-electron chi connectivity index (χ1n) is 2.90. The first kappa shape index (κ1) is 8.53. The van der Waals surface area contributed by atoms with Gasteiger partial charge >= 0.3 is 6.18 Å². The predicted molar refractivity (Wildman–Crippen MR) is 35.0 cm³/mol. The topological polar surface area (TPSA) is 25.8 Å². The lowest BCUT2D eigenvalue weighted by molar-refractivity contribution is -0.138. The van der Waals surface area contributed by atoms with E-state index in [2.05, 4.69) is 9.97 Å². The summed E-state index contributed by atoms with van der Waals surface area (Å²) in [5.74, 6) is 1.96. The van der Waals surface area contributed by atoms with Crippen molar-refractivity contribution in [1.29, 1.82) is 0 Å². The SMILES string of the molecule is C#Cc1ncc(C(F)(F)F)cn1. The molecule has 0 saturated heterocycles. The van der Waals surface area contributed by atoms with Crippen LogP contribution in [0.25, 0.3) is 0 Å². The minimum atomic E-state index is -4.41. The first-order chi connectivity index (χ1) is 5.54. The zero-order chi connectivity index (χ0) is 9.19. The second-order valence-corrected chi connectivity index (χ2v) is 1.94. The Hall–Kier alpha value is -1.57. The molecule has 62 valence electrons. The minimum Gasteiger partial charge on any atom is -0.229 e. The van der Waals surface area contributed by atoms with E-state index in [1.807, 2.05) is 5.92 Å². The van der Waals surface area contributed by atoms with Gasteiger partial charge in [0.05, 0.1) is 5.56 Å². The number of hydrogen-bond acceptors (Lipinski definition) is 2. The van der Waals surface area contributed by atoms with E-state index < -0.39 is 11.7 Å². The van der Waals surface area contributed by atoms with Crippen LogP contribution in [-0.2, 0) is 6.18 Å². The number of aromatic nitrogens is 2. The average Bonchev–Trinajstić information content (AvgIpc) is 2.03. The molecule has 1 heterocycles. The van der Waals surface area contributed by atoms with Crippen LogP contribution in [0.2, 0.25) is 0 Å². The molecule has 1 aromatic heterocycles. The number of alkyl halides is 3. The molecule has 0 fully saturated rings. The molecule has 0 aromatic carbocycles. The van der Waals surface area contributed by atoms with Crippen LogP contribution in [0.15, 0.2) is 12.4 Å². The molecule has 1 rings (SSSR count). The minimum absolute atomic E-state index is 0.0528. The number of terminal acetylenes is 1. The predicted octanol–water partition coefficient (Wildman–Crippen LogP) is 1.48. The van der Waals surface area contributed by atoms with Gasteiger partial charge in [-0.2, -0.15) is 13.2 Å². The lowest BCUT2D eigenvalue weighted by Gasteiger charge is -2.03. The molecule has 1 aromatic rings. The fourth-order valence-electron chi connectivity index (χ4n) is 0.549. The van der Waals surface area contributed by atoms with Crippen molar-refractivity contribution in [2.45, 2.75) is 6.18 Å². The van der Waals surface area contributed by atoms with Crippen molar-refractivity contribution in [2.24, 2.45) is 0 Å². The lowest BCUT2D eigenvalue weighted by atomic mass is 10.3. The fraction of sp³-hybridized carbons (Fsp3) is 0.143. The number of rotatable bonds is 0. The van der Waals surface area contributed by atoms with Crippen LogP contribution in [0.5, 0.6) is 0 Å². The summed E-state index contributed by atoms with van der Waals surface area (Å²) < 4.78 is 35.7. The van der Waals surface area contributed by atoms with Crippen LogP contribution in [0.4, 0.5) is 13.2 Å².